The number of nitrogens with one attached hydrogen (secondary N) is 2. The van der Waals surface area contributed by atoms with Crippen molar-refractivity contribution < 1.29 is 9.59 Å². The number of rotatable bonds is 16. The van der Waals surface area contributed by atoms with Gasteiger partial charge in [0.15, 0.2) is 0 Å². The van der Waals surface area contributed by atoms with Crippen LogP contribution >= 0.6 is 12.6 Å². The number of tetrazole rings is 1. The zero-order valence-electron chi connectivity index (χ0n) is 26.8. The third-order valence-corrected chi connectivity index (χ3v) is 8.75. The summed E-state index contributed by atoms with van der Waals surface area (Å²) in [6, 6.07) is 35.3. The zero-order valence-corrected chi connectivity index (χ0v) is 27.7. The Labute approximate surface area is 282 Å². The maximum Gasteiger partial charge on any atom is 0.245 e. The van der Waals surface area contributed by atoms with Gasteiger partial charge in [-0.2, -0.15) is 17.8 Å². The van der Waals surface area contributed by atoms with Crippen LogP contribution in [0.15, 0.2) is 109 Å². The SMILES string of the molecule is CCCCCN(Cc1ccc(-c2ccccc2-c2nn[nH]n2)cc1)C(=O)[C@H](Cc1ccccc1)NC(=O)C(CS)Cc1ccccc1. The van der Waals surface area contributed by atoms with E-state index >= 15 is 0 Å². The van der Waals surface area contributed by atoms with Crippen molar-refractivity contribution in [2.24, 2.45) is 5.92 Å². The van der Waals surface area contributed by atoms with Gasteiger partial charge in [-0.1, -0.05) is 129 Å². The van der Waals surface area contributed by atoms with Gasteiger partial charge < -0.3 is 10.2 Å². The van der Waals surface area contributed by atoms with Crippen molar-refractivity contribution in [1.82, 2.24) is 30.8 Å². The molecule has 0 saturated carbocycles. The highest BCUT2D eigenvalue weighted by Crippen LogP contribution is 2.30. The normalized spacial score (nSPS) is 12.3. The molecule has 0 aliphatic carbocycles. The summed E-state index contributed by atoms with van der Waals surface area (Å²) in [5.74, 6) is 0.324. The molecule has 0 aliphatic heterocycles. The molecular weight excluding hydrogens is 605 g/mol. The molecule has 5 rings (SSSR count). The first-order valence-corrected chi connectivity index (χ1v) is 16.9. The minimum absolute atomic E-state index is 0.0811. The van der Waals surface area contributed by atoms with Gasteiger partial charge in [0.25, 0.3) is 0 Å². The maximum absolute atomic E-state index is 14.4. The summed E-state index contributed by atoms with van der Waals surface area (Å²) < 4.78 is 0. The average Bonchev–Trinajstić information content (AvgIpc) is 3.66. The second-order valence-electron chi connectivity index (χ2n) is 11.8. The lowest BCUT2D eigenvalue weighted by Crippen LogP contribution is -2.51. The number of nitrogens with zero attached hydrogens (tertiary/aromatic N) is 4. The Morgan fingerprint density at radius 2 is 1.43 bits per heavy atom. The monoisotopic (exact) mass is 646 g/mol. The van der Waals surface area contributed by atoms with Crippen LogP contribution < -0.4 is 5.32 Å². The molecule has 8 nitrogen and oxygen atoms in total. The van der Waals surface area contributed by atoms with E-state index in [0.717, 1.165) is 52.6 Å². The second-order valence-corrected chi connectivity index (χ2v) is 12.1. The first-order chi connectivity index (χ1) is 23.1. The molecule has 0 spiro atoms. The summed E-state index contributed by atoms with van der Waals surface area (Å²) in [6.07, 6.45) is 3.92. The van der Waals surface area contributed by atoms with Crippen LogP contribution in [0.5, 0.6) is 0 Å². The summed E-state index contributed by atoms with van der Waals surface area (Å²) in [6.45, 7) is 3.20. The van der Waals surface area contributed by atoms with Gasteiger partial charge in [0, 0.05) is 30.8 Å². The van der Waals surface area contributed by atoms with Crippen molar-refractivity contribution in [3.63, 3.8) is 0 Å². The number of aromatic amines is 1. The Balaban J connectivity index is 1.37. The molecular formula is C38H42N6O2S. The van der Waals surface area contributed by atoms with E-state index in [1.54, 1.807) is 0 Å². The van der Waals surface area contributed by atoms with Crippen molar-refractivity contribution in [3.8, 4) is 22.5 Å². The summed E-state index contributed by atoms with van der Waals surface area (Å²) in [7, 11) is 0. The van der Waals surface area contributed by atoms with Gasteiger partial charge >= 0.3 is 0 Å². The number of benzene rings is 4. The van der Waals surface area contributed by atoms with Gasteiger partial charge in [-0.3, -0.25) is 9.59 Å². The first-order valence-electron chi connectivity index (χ1n) is 16.3. The number of carbonyl (C=O) groups excluding carboxylic acids is 2. The number of hydrogen-bond acceptors (Lipinski definition) is 6. The Morgan fingerprint density at radius 3 is 2.04 bits per heavy atom. The van der Waals surface area contributed by atoms with Crippen LogP contribution in [0.1, 0.15) is 42.9 Å². The number of hydrogen-bond donors (Lipinski definition) is 3. The molecule has 5 aromatic rings. The number of carbonyl (C=O) groups is 2. The lowest BCUT2D eigenvalue weighted by molar-refractivity contribution is -0.137. The van der Waals surface area contributed by atoms with E-state index in [0.29, 0.717) is 37.5 Å². The van der Waals surface area contributed by atoms with Crippen LogP contribution in [0.3, 0.4) is 0 Å². The van der Waals surface area contributed by atoms with Crippen LogP contribution in [-0.4, -0.2) is 55.7 Å². The molecule has 0 aliphatic rings. The summed E-state index contributed by atoms with van der Waals surface area (Å²) in [5, 5.41) is 17.7. The molecule has 1 heterocycles. The highest BCUT2D eigenvalue weighted by molar-refractivity contribution is 7.80. The first kappa shape index (κ1) is 33.6. The van der Waals surface area contributed by atoms with E-state index in [9.17, 15) is 9.59 Å². The minimum Gasteiger partial charge on any atom is -0.344 e. The van der Waals surface area contributed by atoms with Crippen LogP contribution in [0, 0.1) is 5.92 Å². The molecule has 4 aromatic carbocycles. The largest absolute Gasteiger partial charge is 0.344 e. The third-order valence-electron chi connectivity index (χ3n) is 8.31. The number of thiol groups is 1. The molecule has 0 saturated heterocycles. The van der Waals surface area contributed by atoms with E-state index < -0.39 is 6.04 Å². The Bertz CT molecular complexity index is 1680. The van der Waals surface area contributed by atoms with E-state index in [2.05, 4.69) is 69.8 Å². The van der Waals surface area contributed by atoms with Crippen LogP contribution in [-0.2, 0) is 29.0 Å². The van der Waals surface area contributed by atoms with Crippen LogP contribution in [0.2, 0.25) is 0 Å². The van der Waals surface area contributed by atoms with Gasteiger partial charge in [0.05, 0.1) is 5.92 Å². The smallest absolute Gasteiger partial charge is 0.245 e. The zero-order chi connectivity index (χ0) is 32.8. The second kappa shape index (κ2) is 17.2. The molecule has 0 fully saturated rings. The Hall–Kier alpha value is -4.76. The van der Waals surface area contributed by atoms with Gasteiger partial charge in [0.1, 0.15) is 6.04 Å². The molecule has 2 amide bonds. The minimum atomic E-state index is -0.703. The summed E-state index contributed by atoms with van der Waals surface area (Å²) in [5.41, 5.74) is 5.97. The lowest BCUT2D eigenvalue weighted by Gasteiger charge is -2.29. The Kier molecular flexibility index (Phi) is 12.3. The topological polar surface area (TPSA) is 104 Å². The maximum atomic E-state index is 14.4. The predicted octanol–water partition coefficient (Wildman–Crippen LogP) is 6.57. The average molecular weight is 647 g/mol. The van der Waals surface area contributed by atoms with Gasteiger partial charge in [-0.25, -0.2) is 0 Å². The van der Waals surface area contributed by atoms with E-state index in [-0.39, 0.29) is 17.7 Å². The fourth-order valence-electron chi connectivity index (χ4n) is 5.73. The van der Waals surface area contributed by atoms with Crippen molar-refractivity contribution >= 4 is 24.4 Å². The fraction of sp³-hybridized carbons (Fsp3) is 0.289. The standard InChI is InChI=1S/C38H42N6O2S/c1-2-3-12-23-44(26-30-19-21-31(22-20-30)33-17-10-11-18-34(33)36-40-42-43-41-36)38(46)35(25-29-15-8-5-9-16-29)39-37(45)32(27-47)24-28-13-6-4-7-14-28/h4-11,13-22,32,35,47H,2-3,12,23-27H2,1H3,(H,39,45)(H,40,41,42,43)/t32?,35-/m0/s1. The fourth-order valence-corrected chi connectivity index (χ4v) is 6.03. The predicted molar refractivity (Wildman–Crippen MR) is 190 cm³/mol. The summed E-state index contributed by atoms with van der Waals surface area (Å²) in [4.78, 5) is 30.0. The van der Waals surface area contributed by atoms with E-state index in [4.69, 9.17) is 0 Å². The molecule has 1 unspecified atom stereocenters. The highest BCUT2D eigenvalue weighted by atomic mass is 32.1. The van der Waals surface area contributed by atoms with Crippen molar-refractivity contribution in [1.29, 1.82) is 0 Å². The van der Waals surface area contributed by atoms with Crippen LogP contribution in [0.25, 0.3) is 22.5 Å². The van der Waals surface area contributed by atoms with Crippen molar-refractivity contribution in [2.45, 2.75) is 51.6 Å². The van der Waals surface area contributed by atoms with Gasteiger partial charge in [-0.05, 0) is 45.9 Å². The molecule has 2 N–H and O–H groups in total. The van der Waals surface area contributed by atoms with Crippen molar-refractivity contribution in [3.05, 3.63) is 126 Å². The number of unbranched alkanes of at least 4 members (excludes halogenated alkanes) is 2. The number of aromatic nitrogens is 4. The summed E-state index contributed by atoms with van der Waals surface area (Å²) >= 11 is 4.51. The van der Waals surface area contributed by atoms with Crippen LogP contribution in [0.4, 0.5) is 0 Å². The third kappa shape index (κ3) is 9.39. The highest BCUT2D eigenvalue weighted by Gasteiger charge is 2.29. The molecule has 0 bridgehead atoms. The molecule has 0 radical (unpaired) electrons. The number of H-pyrrole nitrogens is 1. The van der Waals surface area contributed by atoms with Crippen molar-refractivity contribution in [2.75, 3.05) is 12.3 Å². The molecule has 242 valence electrons. The van der Waals surface area contributed by atoms with Gasteiger partial charge in [-0.15, -0.1) is 10.2 Å². The van der Waals surface area contributed by atoms with E-state index in [1.165, 1.54) is 0 Å². The molecule has 1 aromatic heterocycles. The Morgan fingerprint density at radius 1 is 0.787 bits per heavy atom. The lowest BCUT2D eigenvalue weighted by atomic mass is 9.97. The number of amides is 2. The quantitative estimate of drug-likeness (QED) is 0.0832. The molecule has 2 atom stereocenters. The van der Waals surface area contributed by atoms with E-state index in [1.807, 2.05) is 89.8 Å². The molecule has 47 heavy (non-hydrogen) atoms. The van der Waals surface area contributed by atoms with Gasteiger partial charge in [0.2, 0.25) is 17.6 Å². The molecule has 9 heteroatoms.